The van der Waals surface area contributed by atoms with Crippen LogP contribution in [0, 0.1) is 6.92 Å². The topological polar surface area (TPSA) is 61.7 Å². The number of imidazole rings is 1. The average Bonchev–Trinajstić information content (AvgIpc) is 2.58. The van der Waals surface area contributed by atoms with E-state index in [0.29, 0.717) is 5.82 Å². The number of nitrogens with zero attached hydrogens (tertiary/aromatic N) is 4. The van der Waals surface area contributed by atoms with Crippen LogP contribution in [0.25, 0.3) is 5.95 Å². The van der Waals surface area contributed by atoms with Crippen LogP contribution in [-0.2, 0) is 7.05 Å². The fourth-order valence-corrected chi connectivity index (χ4v) is 1.26. The molecule has 0 fully saturated rings. The summed E-state index contributed by atoms with van der Waals surface area (Å²) in [4.78, 5) is 4.17. The van der Waals surface area contributed by atoms with E-state index >= 15 is 0 Å². The fraction of sp³-hybridized carbons (Fsp3) is 0.250. The van der Waals surface area contributed by atoms with Crippen molar-refractivity contribution in [3.05, 3.63) is 24.2 Å². The highest BCUT2D eigenvalue weighted by Crippen LogP contribution is 2.09. The van der Waals surface area contributed by atoms with E-state index in [0.717, 1.165) is 11.6 Å². The predicted octanol–water partition coefficient (Wildman–Crippen LogP) is 0.496. The number of rotatable bonds is 1. The van der Waals surface area contributed by atoms with Crippen molar-refractivity contribution in [1.82, 2.24) is 19.3 Å². The summed E-state index contributed by atoms with van der Waals surface area (Å²) in [6, 6.07) is 1.81. The maximum atomic E-state index is 5.57. The molecule has 0 bridgehead atoms. The first-order valence-electron chi connectivity index (χ1n) is 3.98. The van der Waals surface area contributed by atoms with E-state index in [1.165, 1.54) is 0 Å². The highest BCUT2D eigenvalue weighted by molar-refractivity contribution is 5.32. The van der Waals surface area contributed by atoms with Gasteiger partial charge in [0.2, 0.25) is 5.95 Å². The lowest BCUT2D eigenvalue weighted by atomic mass is 10.5. The Morgan fingerprint density at radius 2 is 2.23 bits per heavy atom. The van der Waals surface area contributed by atoms with Gasteiger partial charge in [-0.1, -0.05) is 0 Å². The van der Waals surface area contributed by atoms with Gasteiger partial charge in [0.1, 0.15) is 5.82 Å². The van der Waals surface area contributed by atoms with Crippen molar-refractivity contribution < 1.29 is 0 Å². The molecule has 0 aliphatic rings. The summed E-state index contributed by atoms with van der Waals surface area (Å²) in [6.45, 7) is 1.94. The van der Waals surface area contributed by atoms with Gasteiger partial charge in [-0.25, -0.2) is 9.67 Å². The van der Waals surface area contributed by atoms with E-state index in [2.05, 4.69) is 10.1 Å². The Hall–Kier alpha value is -1.78. The van der Waals surface area contributed by atoms with Crippen LogP contribution in [0.1, 0.15) is 5.69 Å². The SMILES string of the molecule is Cc1cc(N)nn1-c1nccn1C. The van der Waals surface area contributed by atoms with E-state index < -0.39 is 0 Å². The molecule has 0 aliphatic heterocycles. The standard InChI is InChI=1S/C8H11N5/c1-6-5-7(9)11-13(6)8-10-3-4-12(8)2/h3-5H,1-2H3,(H2,9,11). The minimum absolute atomic E-state index is 0.514. The lowest BCUT2D eigenvalue weighted by Crippen LogP contribution is -2.06. The zero-order valence-corrected chi connectivity index (χ0v) is 7.60. The van der Waals surface area contributed by atoms with E-state index in [1.54, 1.807) is 10.9 Å². The molecule has 0 saturated carbocycles. The maximum absolute atomic E-state index is 5.57. The van der Waals surface area contributed by atoms with Crippen molar-refractivity contribution in [3.8, 4) is 5.95 Å². The molecule has 2 N–H and O–H groups in total. The third-order valence-corrected chi connectivity index (χ3v) is 1.89. The van der Waals surface area contributed by atoms with Crippen molar-refractivity contribution in [2.75, 3.05) is 5.73 Å². The summed E-state index contributed by atoms with van der Waals surface area (Å²) in [5.41, 5.74) is 6.55. The Kier molecular flexibility index (Phi) is 1.58. The molecular weight excluding hydrogens is 166 g/mol. The number of hydrogen-bond donors (Lipinski definition) is 1. The van der Waals surface area contributed by atoms with Crippen LogP contribution in [0.2, 0.25) is 0 Å². The first kappa shape index (κ1) is 7.85. The van der Waals surface area contributed by atoms with Gasteiger partial charge in [-0.15, -0.1) is 5.10 Å². The molecule has 2 rings (SSSR count). The van der Waals surface area contributed by atoms with Crippen LogP contribution in [0.5, 0.6) is 0 Å². The maximum Gasteiger partial charge on any atom is 0.230 e. The molecule has 2 heterocycles. The number of nitrogens with two attached hydrogens (primary N) is 1. The Morgan fingerprint density at radius 1 is 1.46 bits per heavy atom. The number of aryl methyl sites for hydroxylation is 2. The first-order chi connectivity index (χ1) is 6.18. The molecule has 0 atom stereocenters. The zero-order chi connectivity index (χ0) is 9.42. The van der Waals surface area contributed by atoms with Crippen molar-refractivity contribution in [3.63, 3.8) is 0 Å². The monoisotopic (exact) mass is 177 g/mol. The molecule has 0 unspecified atom stereocenters. The number of aromatic nitrogens is 4. The third kappa shape index (κ3) is 1.18. The molecule has 0 aromatic carbocycles. The van der Waals surface area contributed by atoms with Crippen molar-refractivity contribution in [1.29, 1.82) is 0 Å². The van der Waals surface area contributed by atoms with Gasteiger partial charge in [-0.3, -0.25) is 0 Å². The highest BCUT2D eigenvalue weighted by Gasteiger charge is 2.07. The lowest BCUT2D eigenvalue weighted by Gasteiger charge is -2.02. The molecule has 0 radical (unpaired) electrons. The second kappa shape index (κ2) is 2.62. The number of hydrogen-bond acceptors (Lipinski definition) is 3. The largest absolute Gasteiger partial charge is 0.382 e. The van der Waals surface area contributed by atoms with Gasteiger partial charge in [0.05, 0.1) is 0 Å². The van der Waals surface area contributed by atoms with E-state index in [1.807, 2.05) is 30.8 Å². The van der Waals surface area contributed by atoms with Crippen LogP contribution in [0.3, 0.4) is 0 Å². The Labute approximate surface area is 75.8 Å². The Bertz CT molecular complexity index is 425. The van der Waals surface area contributed by atoms with Gasteiger partial charge in [0.25, 0.3) is 0 Å². The summed E-state index contributed by atoms with van der Waals surface area (Å²) in [6.07, 6.45) is 3.60. The van der Waals surface area contributed by atoms with Crippen molar-refractivity contribution in [2.45, 2.75) is 6.92 Å². The fourth-order valence-electron chi connectivity index (χ4n) is 1.26. The molecule has 0 saturated heterocycles. The van der Waals surface area contributed by atoms with Crippen molar-refractivity contribution in [2.24, 2.45) is 7.05 Å². The van der Waals surface area contributed by atoms with Crippen LogP contribution in [0.4, 0.5) is 5.82 Å². The van der Waals surface area contributed by atoms with Gasteiger partial charge in [0, 0.05) is 31.2 Å². The lowest BCUT2D eigenvalue weighted by molar-refractivity contribution is 0.735. The minimum Gasteiger partial charge on any atom is -0.382 e. The molecular formula is C8H11N5. The molecule has 5 nitrogen and oxygen atoms in total. The minimum atomic E-state index is 0.514. The van der Waals surface area contributed by atoms with Gasteiger partial charge in [-0.05, 0) is 6.92 Å². The Balaban J connectivity index is 2.58. The van der Waals surface area contributed by atoms with Gasteiger partial charge < -0.3 is 10.3 Å². The molecule has 13 heavy (non-hydrogen) atoms. The molecule has 2 aromatic heterocycles. The summed E-state index contributed by atoms with van der Waals surface area (Å²) in [7, 11) is 1.92. The zero-order valence-electron chi connectivity index (χ0n) is 7.60. The van der Waals surface area contributed by atoms with E-state index in [4.69, 9.17) is 5.73 Å². The molecule has 2 aromatic rings. The van der Waals surface area contributed by atoms with E-state index in [9.17, 15) is 0 Å². The smallest absolute Gasteiger partial charge is 0.230 e. The molecule has 5 heteroatoms. The van der Waals surface area contributed by atoms with Crippen LogP contribution < -0.4 is 5.73 Å². The molecule has 0 spiro atoms. The Morgan fingerprint density at radius 3 is 2.69 bits per heavy atom. The molecule has 68 valence electrons. The van der Waals surface area contributed by atoms with Crippen molar-refractivity contribution >= 4 is 5.82 Å². The molecule has 0 amide bonds. The average molecular weight is 177 g/mol. The van der Waals surface area contributed by atoms with E-state index in [-0.39, 0.29) is 0 Å². The summed E-state index contributed by atoms with van der Waals surface area (Å²) >= 11 is 0. The van der Waals surface area contributed by atoms with Crippen LogP contribution in [0.15, 0.2) is 18.5 Å². The third-order valence-electron chi connectivity index (χ3n) is 1.89. The second-order valence-corrected chi connectivity index (χ2v) is 2.96. The highest BCUT2D eigenvalue weighted by atomic mass is 15.4. The number of anilines is 1. The number of nitrogen functional groups attached to an aromatic ring is 1. The summed E-state index contributed by atoms with van der Waals surface area (Å²) in [5.74, 6) is 1.29. The summed E-state index contributed by atoms with van der Waals surface area (Å²) < 4.78 is 3.61. The second-order valence-electron chi connectivity index (χ2n) is 2.96. The van der Waals surface area contributed by atoms with Crippen LogP contribution in [-0.4, -0.2) is 19.3 Å². The van der Waals surface area contributed by atoms with Crippen LogP contribution >= 0.6 is 0 Å². The summed E-state index contributed by atoms with van der Waals surface area (Å²) in [5, 5.41) is 4.12. The predicted molar refractivity (Wildman–Crippen MR) is 49.5 cm³/mol. The first-order valence-corrected chi connectivity index (χ1v) is 3.98. The van der Waals surface area contributed by atoms with Gasteiger partial charge >= 0.3 is 0 Å². The van der Waals surface area contributed by atoms with Gasteiger partial charge in [-0.2, -0.15) is 0 Å². The molecule has 0 aliphatic carbocycles. The van der Waals surface area contributed by atoms with Gasteiger partial charge in [0.15, 0.2) is 0 Å². The normalized spacial score (nSPS) is 10.6. The quantitative estimate of drug-likeness (QED) is 0.689.